The second-order valence-electron chi connectivity index (χ2n) is 5.33. The van der Waals surface area contributed by atoms with Gasteiger partial charge in [-0.1, -0.05) is 0 Å². The van der Waals surface area contributed by atoms with Gasteiger partial charge in [-0.3, -0.25) is 9.48 Å². The van der Waals surface area contributed by atoms with E-state index in [1.807, 2.05) is 4.68 Å². The SMILES string of the molecule is CCn1ncnc1CC1CCNC(C(=O)N(C)C)C1. The summed E-state index contributed by atoms with van der Waals surface area (Å²) in [5.41, 5.74) is 0. The van der Waals surface area contributed by atoms with Crippen LogP contribution < -0.4 is 5.32 Å². The van der Waals surface area contributed by atoms with E-state index in [1.54, 1.807) is 25.3 Å². The number of piperidine rings is 1. The zero-order chi connectivity index (χ0) is 13.8. The van der Waals surface area contributed by atoms with Crippen molar-refractivity contribution in [1.82, 2.24) is 25.0 Å². The van der Waals surface area contributed by atoms with E-state index in [-0.39, 0.29) is 11.9 Å². The van der Waals surface area contributed by atoms with Crippen molar-refractivity contribution in [3.05, 3.63) is 12.2 Å². The van der Waals surface area contributed by atoms with Crippen LogP contribution in [0.15, 0.2) is 6.33 Å². The first-order valence-electron chi connectivity index (χ1n) is 6.93. The number of carbonyl (C=O) groups excluding carboxylic acids is 1. The Morgan fingerprint density at radius 3 is 3.05 bits per heavy atom. The van der Waals surface area contributed by atoms with Gasteiger partial charge in [-0.2, -0.15) is 5.10 Å². The van der Waals surface area contributed by atoms with Gasteiger partial charge in [0.05, 0.1) is 6.04 Å². The quantitative estimate of drug-likeness (QED) is 0.850. The molecule has 19 heavy (non-hydrogen) atoms. The summed E-state index contributed by atoms with van der Waals surface area (Å²) in [5.74, 6) is 1.71. The number of rotatable bonds is 4. The summed E-state index contributed by atoms with van der Waals surface area (Å²) in [7, 11) is 3.61. The number of hydrogen-bond acceptors (Lipinski definition) is 4. The minimum absolute atomic E-state index is 0.0493. The monoisotopic (exact) mass is 265 g/mol. The Morgan fingerprint density at radius 2 is 2.37 bits per heavy atom. The third-order valence-corrected chi connectivity index (χ3v) is 3.72. The molecule has 1 fully saturated rings. The van der Waals surface area contributed by atoms with E-state index < -0.39 is 0 Å². The molecule has 6 heteroatoms. The van der Waals surface area contributed by atoms with Crippen molar-refractivity contribution in [1.29, 1.82) is 0 Å². The molecule has 2 rings (SSSR count). The van der Waals surface area contributed by atoms with Gasteiger partial charge in [-0.15, -0.1) is 0 Å². The molecule has 2 atom stereocenters. The van der Waals surface area contributed by atoms with Gasteiger partial charge >= 0.3 is 0 Å². The summed E-state index contributed by atoms with van der Waals surface area (Å²) in [6.45, 7) is 3.81. The second-order valence-corrected chi connectivity index (χ2v) is 5.33. The molecule has 0 bridgehead atoms. The fourth-order valence-electron chi connectivity index (χ4n) is 2.65. The molecule has 0 aliphatic carbocycles. The fourth-order valence-corrected chi connectivity index (χ4v) is 2.65. The van der Waals surface area contributed by atoms with Crippen molar-refractivity contribution >= 4 is 5.91 Å². The molecule has 2 unspecified atom stereocenters. The van der Waals surface area contributed by atoms with Gasteiger partial charge < -0.3 is 10.2 Å². The number of amides is 1. The van der Waals surface area contributed by atoms with Gasteiger partial charge in [0.15, 0.2) is 0 Å². The lowest BCUT2D eigenvalue weighted by Crippen LogP contribution is -2.48. The lowest BCUT2D eigenvalue weighted by molar-refractivity contribution is -0.131. The third kappa shape index (κ3) is 3.32. The first kappa shape index (κ1) is 14.0. The van der Waals surface area contributed by atoms with Gasteiger partial charge in [-0.05, 0) is 32.2 Å². The maximum Gasteiger partial charge on any atom is 0.239 e. The number of hydrogen-bond donors (Lipinski definition) is 1. The van der Waals surface area contributed by atoms with Crippen LogP contribution in [0.1, 0.15) is 25.6 Å². The Hall–Kier alpha value is -1.43. The molecule has 106 valence electrons. The highest BCUT2D eigenvalue weighted by molar-refractivity contribution is 5.81. The Kier molecular flexibility index (Phi) is 4.52. The molecule has 1 N–H and O–H groups in total. The summed E-state index contributed by atoms with van der Waals surface area (Å²) < 4.78 is 1.94. The van der Waals surface area contributed by atoms with Gasteiger partial charge in [0, 0.05) is 27.1 Å². The molecule has 0 spiro atoms. The minimum atomic E-state index is -0.0493. The Labute approximate surface area is 114 Å². The van der Waals surface area contributed by atoms with Crippen molar-refractivity contribution < 1.29 is 4.79 Å². The highest BCUT2D eigenvalue weighted by atomic mass is 16.2. The summed E-state index contributed by atoms with van der Waals surface area (Å²) >= 11 is 0. The molecular formula is C13H23N5O. The normalized spacial score (nSPS) is 23.3. The third-order valence-electron chi connectivity index (χ3n) is 3.72. The minimum Gasteiger partial charge on any atom is -0.347 e. The highest BCUT2D eigenvalue weighted by Gasteiger charge is 2.28. The predicted molar refractivity (Wildman–Crippen MR) is 72.6 cm³/mol. The van der Waals surface area contributed by atoms with E-state index >= 15 is 0 Å². The molecule has 1 aromatic heterocycles. The number of nitrogens with one attached hydrogen (secondary N) is 1. The number of likely N-dealkylation sites (N-methyl/N-ethyl adjacent to an activating group) is 1. The van der Waals surface area contributed by atoms with Gasteiger partial charge in [0.1, 0.15) is 12.2 Å². The lowest BCUT2D eigenvalue weighted by atomic mass is 9.89. The smallest absolute Gasteiger partial charge is 0.239 e. The van der Waals surface area contributed by atoms with E-state index in [9.17, 15) is 4.79 Å². The maximum absolute atomic E-state index is 12.0. The van der Waals surface area contributed by atoms with E-state index in [1.165, 1.54) is 0 Å². The van der Waals surface area contributed by atoms with Gasteiger partial charge in [-0.25, -0.2) is 4.98 Å². The molecule has 0 radical (unpaired) electrons. The molecule has 0 aromatic carbocycles. The Morgan fingerprint density at radius 1 is 1.58 bits per heavy atom. The van der Waals surface area contributed by atoms with E-state index in [0.717, 1.165) is 38.2 Å². The number of aromatic nitrogens is 3. The van der Waals surface area contributed by atoms with Crippen LogP contribution in [0.3, 0.4) is 0 Å². The van der Waals surface area contributed by atoms with Crippen LogP contribution in [0.2, 0.25) is 0 Å². The van der Waals surface area contributed by atoms with Crippen LogP contribution in [0.5, 0.6) is 0 Å². The molecular weight excluding hydrogens is 242 g/mol. The molecule has 1 amide bonds. The molecule has 0 saturated carbocycles. The van der Waals surface area contributed by atoms with E-state index in [2.05, 4.69) is 22.3 Å². The van der Waals surface area contributed by atoms with Crippen LogP contribution >= 0.6 is 0 Å². The summed E-state index contributed by atoms with van der Waals surface area (Å²) in [6.07, 6.45) is 4.50. The molecule has 1 aliphatic rings. The fraction of sp³-hybridized carbons (Fsp3) is 0.769. The van der Waals surface area contributed by atoms with Crippen LogP contribution in [0.25, 0.3) is 0 Å². The first-order chi connectivity index (χ1) is 9.11. The van der Waals surface area contributed by atoms with Gasteiger partial charge in [0.2, 0.25) is 5.91 Å². The topological polar surface area (TPSA) is 63.1 Å². The maximum atomic E-state index is 12.0. The number of aryl methyl sites for hydroxylation is 1. The van der Waals surface area contributed by atoms with Crippen molar-refractivity contribution in [3.63, 3.8) is 0 Å². The van der Waals surface area contributed by atoms with Crippen molar-refractivity contribution in [2.75, 3.05) is 20.6 Å². The van der Waals surface area contributed by atoms with Crippen LogP contribution in [-0.4, -0.2) is 52.3 Å². The Balaban J connectivity index is 1.96. The largest absolute Gasteiger partial charge is 0.347 e. The molecule has 1 aromatic rings. The molecule has 2 heterocycles. The van der Waals surface area contributed by atoms with Crippen molar-refractivity contribution in [2.45, 2.75) is 38.8 Å². The Bertz CT molecular complexity index is 428. The van der Waals surface area contributed by atoms with Crippen LogP contribution in [-0.2, 0) is 17.8 Å². The number of carbonyl (C=O) groups is 1. The average molecular weight is 265 g/mol. The average Bonchev–Trinajstić information content (AvgIpc) is 2.85. The molecule has 6 nitrogen and oxygen atoms in total. The standard InChI is InChI=1S/C13H23N5O/c1-4-18-12(15-9-16-18)8-10-5-6-14-11(7-10)13(19)17(2)3/h9-11,14H,4-8H2,1-3H3. The molecule has 1 aliphatic heterocycles. The molecule has 1 saturated heterocycles. The van der Waals surface area contributed by atoms with Crippen molar-refractivity contribution in [2.24, 2.45) is 5.92 Å². The van der Waals surface area contributed by atoms with E-state index in [0.29, 0.717) is 5.92 Å². The van der Waals surface area contributed by atoms with Gasteiger partial charge in [0.25, 0.3) is 0 Å². The van der Waals surface area contributed by atoms with Crippen LogP contribution in [0.4, 0.5) is 0 Å². The summed E-state index contributed by atoms with van der Waals surface area (Å²) in [4.78, 5) is 18.0. The van der Waals surface area contributed by atoms with Crippen molar-refractivity contribution in [3.8, 4) is 0 Å². The second kappa shape index (κ2) is 6.14. The highest BCUT2D eigenvalue weighted by Crippen LogP contribution is 2.21. The zero-order valence-corrected chi connectivity index (χ0v) is 12.0. The zero-order valence-electron chi connectivity index (χ0n) is 12.0. The predicted octanol–water partition coefficient (Wildman–Crippen LogP) is 0.297. The van der Waals surface area contributed by atoms with E-state index in [4.69, 9.17) is 0 Å². The number of nitrogens with zero attached hydrogens (tertiary/aromatic N) is 4. The van der Waals surface area contributed by atoms with Crippen LogP contribution in [0, 0.1) is 5.92 Å². The summed E-state index contributed by atoms with van der Waals surface area (Å²) in [6, 6.07) is -0.0493. The lowest BCUT2D eigenvalue weighted by Gasteiger charge is -2.30. The first-order valence-corrected chi connectivity index (χ1v) is 6.93. The summed E-state index contributed by atoms with van der Waals surface area (Å²) in [5, 5.41) is 7.50.